The Hall–Kier alpha value is -1.69. The number of aliphatic carboxylic acids is 1. The van der Waals surface area contributed by atoms with Crippen molar-refractivity contribution in [3.05, 3.63) is 34.6 Å². The molecule has 0 radical (unpaired) electrons. The molecule has 1 saturated carbocycles. The van der Waals surface area contributed by atoms with Crippen LogP contribution in [0.15, 0.2) is 29.0 Å². The number of carboxylic acids is 1. The highest BCUT2D eigenvalue weighted by Crippen LogP contribution is 2.29. The fourth-order valence-electron chi connectivity index (χ4n) is 2.34. The van der Waals surface area contributed by atoms with Crippen LogP contribution in [0.1, 0.15) is 31.2 Å². The van der Waals surface area contributed by atoms with Crippen LogP contribution >= 0.6 is 15.9 Å². The molecule has 1 fully saturated rings. The van der Waals surface area contributed by atoms with Gasteiger partial charge in [0.05, 0.1) is 0 Å². The van der Waals surface area contributed by atoms with Gasteiger partial charge in [-0.15, -0.1) is 0 Å². The smallest absolute Gasteiger partial charge is 0.329 e. The highest BCUT2D eigenvalue weighted by atomic mass is 79.9. The van der Waals surface area contributed by atoms with Gasteiger partial charge in [0.1, 0.15) is 10.1 Å². The van der Waals surface area contributed by atoms with Crippen LogP contribution in [0.2, 0.25) is 0 Å². The van der Waals surface area contributed by atoms with E-state index in [1.54, 1.807) is 24.4 Å². The number of nitrogens with one attached hydrogen (secondary N) is 1. The lowest BCUT2D eigenvalue weighted by Crippen LogP contribution is -2.52. The molecule has 0 aromatic carbocycles. The van der Waals surface area contributed by atoms with Crippen molar-refractivity contribution in [1.82, 2.24) is 10.3 Å². The van der Waals surface area contributed by atoms with E-state index in [-0.39, 0.29) is 5.91 Å². The highest BCUT2D eigenvalue weighted by Gasteiger charge is 2.42. The van der Waals surface area contributed by atoms with Gasteiger partial charge in [0.25, 0.3) is 0 Å². The molecule has 1 aromatic heterocycles. The van der Waals surface area contributed by atoms with Crippen LogP contribution in [-0.4, -0.2) is 27.5 Å². The Bertz CT molecular complexity index is 551. The van der Waals surface area contributed by atoms with Crippen molar-refractivity contribution in [2.24, 2.45) is 0 Å². The summed E-state index contributed by atoms with van der Waals surface area (Å²) in [6, 6.07) is 3.53. The van der Waals surface area contributed by atoms with Gasteiger partial charge in [0, 0.05) is 12.3 Å². The zero-order valence-corrected chi connectivity index (χ0v) is 12.4. The molecule has 1 heterocycles. The fraction of sp³-hybridized carbons (Fsp3) is 0.357. The lowest BCUT2D eigenvalue weighted by Gasteiger charge is -2.24. The van der Waals surface area contributed by atoms with Crippen molar-refractivity contribution in [3.63, 3.8) is 0 Å². The molecule has 1 amide bonds. The number of rotatable bonds is 4. The van der Waals surface area contributed by atoms with Gasteiger partial charge in [0.2, 0.25) is 5.91 Å². The third kappa shape index (κ3) is 3.45. The van der Waals surface area contributed by atoms with E-state index in [2.05, 4.69) is 26.2 Å². The molecule has 0 aliphatic heterocycles. The van der Waals surface area contributed by atoms with Crippen molar-refractivity contribution in [2.45, 2.75) is 31.2 Å². The number of carbonyl (C=O) groups excluding carboxylic acids is 1. The molecule has 0 unspecified atom stereocenters. The fourth-order valence-corrected chi connectivity index (χ4v) is 2.72. The van der Waals surface area contributed by atoms with Gasteiger partial charge in [-0.05, 0) is 52.5 Å². The van der Waals surface area contributed by atoms with E-state index in [0.29, 0.717) is 17.4 Å². The largest absolute Gasteiger partial charge is 0.480 e. The first-order valence-corrected chi connectivity index (χ1v) is 7.16. The number of halogens is 1. The molecule has 1 aliphatic rings. The Morgan fingerprint density at radius 3 is 2.70 bits per heavy atom. The maximum atomic E-state index is 11.9. The zero-order valence-electron chi connectivity index (χ0n) is 10.8. The molecule has 1 aromatic rings. The SMILES string of the molecule is O=C(/C=C/c1ccnc(Br)c1)NC1(C(=O)O)CCCC1. The van der Waals surface area contributed by atoms with Gasteiger partial charge in [-0.25, -0.2) is 9.78 Å². The van der Waals surface area contributed by atoms with E-state index < -0.39 is 11.5 Å². The Morgan fingerprint density at radius 2 is 2.10 bits per heavy atom. The zero-order chi connectivity index (χ0) is 14.6. The summed E-state index contributed by atoms with van der Waals surface area (Å²) in [6.07, 6.45) is 7.24. The molecule has 0 bridgehead atoms. The number of aromatic nitrogens is 1. The van der Waals surface area contributed by atoms with Gasteiger partial charge < -0.3 is 10.4 Å². The molecule has 5 nitrogen and oxygen atoms in total. The summed E-state index contributed by atoms with van der Waals surface area (Å²) in [5.41, 5.74) is -0.280. The van der Waals surface area contributed by atoms with Crippen LogP contribution in [0, 0.1) is 0 Å². The van der Waals surface area contributed by atoms with Gasteiger partial charge >= 0.3 is 5.97 Å². The second-order valence-electron chi connectivity index (χ2n) is 4.83. The molecule has 20 heavy (non-hydrogen) atoms. The first-order chi connectivity index (χ1) is 9.52. The van der Waals surface area contributed by atoms with E-state index in [0.717, 1.165) is 18.4 Å². The number of hydrogen-bond acceptors (Lipinski definition) is 3. The van der Waals surface area contributed by atoms with E-state index in [1.807, 2.05) is 0 Å². The maximum absolute atomic E-state index is 11.9. The summed E-state index contributed by atoms with van der Waals surface area (Å²) in [4.78, 5) is 27.2. The Kier molecular flexibility index (Phi) is 4.54. The average molecular weight is 339 g/mol. The Morgan fingerprint density at radius 1 is 1.40 bits per heavy atom. The first-order valence-electron chi connectivity index (χ1n) is 6.37. The molecular weight excluding hydrogens is 324 g/mol. The number of carbonyl (C=O) groups is 2. The van der Waals surface area contributed by atoms with Crippen LogP contribution in [0.25, 0.3) is 6.08 Å². The molecule has 1 aliphatic carbocycles. The minimum atomic E-state index is -1.10. The van der Waals surface area contributed by atoms with E-state index in [4.69, 9.17) is 0 Å². The normalized spacial score (nSPS) is 17.2. The van der Waals surface area contributed by atoms with Crippen molar-refractivity contribution in [2.75, 3.05) is 0 Å². The van der Waals surface area contributed by atoms with Crippen LogP contribution < -0.4 is 5.32 Å². The third-order valence-corrected chi connectivity index (χ3v) is 3.84. The summed E-state index contributed by atoms with van der Waals surface area (Å²) in [6.45, 7) is 0. The van der Waals surface area contributed by atoms with E-state index in [1.165, 1.54) is 6.08 Å². The van der Waals surface area contributed by atoms with Crippen molar-refractivity contribution >= 4 is 33.9 Å². The van der Waals surface area contributed by atoms with Crippen LogP contribution in [0.5, 0.6) is 0 Å². The predicted molar refractivity (Wildman–Crippen MR) is 77.9 cm³/mol. The monoisotopic (exact) mass is 338 g/mol. The Balaban J connectivity index is 2.03. The lowest BCUT2D eigenvalue weighted by atomic mass is 9.98. The van der Waals surface area contributed by atoms with Gasteiger partial charge in [-0.1, -0.05) is 12.8 Å². The number of hydrogen-bond donors (Lipinski definition) is 2. The van der Waals surface area contributed by atoms with Gasteiger partial charge in [0.15, 0.2) is 0 Å². The number of amides is 1. The second kappa shape index (κ2) is 6.17. The van der Waals surface area contributed by atoms with Gasteiger partial charge in [-0.3, -0.25) is 4.79 Å². The average Bonchev–Trinajstić information content (AvgIpc) is 2.86. The number of pyridine rings is 1. The van der Waals surface area contributed by atoms with Crippen LogP contribution in [0.3, 0.4) is 0 Å². The second-order valence-corrected chi connectivity index (χ2v) is 5.64. The van der Waals surface area contributed by atoms with Crippen molar-refractivity contribution in [1.29, 1.82) is 0 Å². The third-order valence-electron chi connectivity index (χ3n) is 3.41. The van der Waals surface area contributed by atoms with E-state index >= 15 is 0 Å². The molecular formula is C14H15BrN2O3. The van der Waals surface area contributed by atoms with Crippen molar-refractivity contribution in [3.8, 4) is 0 Å². The minimum Gasteiger partial charge on any atom is -0.480 e. The van der Waals surface area contributed by atoms with Gasteiger partial charge in [-0.2, -0.15) is 0 Å². The minimum absolute atomic E-state index is 0.387. The lowest BCUT2D eigenvalue weighted by molar-refractivity contribution is -0.146. The summed E-state index contributed by atoms with van der Waals surface area (Å²) in [7, 11) is 0. The summed E-state index contributed by atoms with van der Waals surface area (Å²) in [5.74, 6) is -1.34. The first kappa shape index (κ1) is 14.7. The summed E-state index contributed by atoms with van der Waals surface area (Å²) >= 11 is 3.24. The summed E-state index contributed by atoms with van der Waals surface area (Å²) in [5, 5.41) is 11.9. The highest BCUT2D eigenvalue weighted by molar-refractivity contribution is 9.10. The number of carboxylic acid groups (broad SMARTS) is 1. The molecule has 0 atom stereocenters. The molecule has 2 N–H and O–H groups in total. The quantitative estimate of drug-likeness (QED) is 0.652. The van der Waals surface area contributed by atoms with E-state index in [9.17, 15) is 14.7 Å². The molecule has 106 valence electrons. The predicted octanol–water partition coefficient (Wildman–Crippen LogP) is 2.37. The Labute approximate surface area is 125 Å². The number of nitrogens with zero attached hydrogens (tertiary/aromatic N) is 1. The molecule has 6 heteroatoms. The molecule has 0 saturated heterocycles. The standard InChI is InChI=1S/C14H15BrN2O3/c15-11-9-10(5-8-16-11)3-4-12(18)17-14(13(19)20)6-1-2-7-14/h3-5,8-9H,1-2,6-7H2,(H,17,18)(H,19,20)/b4-3+. The maximum Gasteiger partial charge on any atom is 0.329 e. The summed E-state index contributed by atoms with van der Waals surface area (Å²) < 4.78 is 0.679. The topological polar surface area (TPSA) is 79.3 Å². The molecule has 0 spiro atoms. The van der Waals surface area contributed by atoms with Crippen molar-refractivity contribution < 1.29 is 14.7 Å². The van der Waals surface area contributed by atoms with Crippen LogP contribution in [0.4, 0.5) is 0 Å². The molecule has 2 rings (SSSR count). The van der Waals surface area contributed by atoms with Crippen LogP contribution in [-0.2, 0) is 9.59 Å².